The van der Waals surface area contributed by atoms with E-state index in [9.17, 15) is 4.79 Å². The third kappa shape index (κ3) is 2.72. The van der Waals surface area contributed by atoms with Gasteiger partial charge < -0.3 is 4.90 Å². The van der Waals surface area contributed by atoms with Crippen LogP contribution in [0, 0.1) is 0 Å². The standard InChI is InChI=1S/C9H17N2O/c1-2-3-4-7-11-8-5-6-10-9(11)12/h2-8H2,1H3. The average Bonchev–Trinajstić information content (AvgIpc) is 2.09. The minimum absolute atomic E-state index is 0.00245. The van der Waals surface area contributed by atoms with Gasteiger partial charge in [0, 0.05) is 19.6 Å². The van der Waals surface area contributed by atoms with Crippen molar-refractivity contribution in [2.24, 2.45) is 0 Å². The Balaban J connectivity index is 2.16. The number of hydrogen-bond donors (Lipinski definition) is 0. The van der Waals surface area contributed by atoms with E-state index in [4.69, 9.17) is 0 Å². The molecule has 0 aromatic heterocycles. The fraction of sp³-hybridized carbons (Fsp3) is 0.889. The van der Waals surface area contributed by atoms with Crippen molar-refractivity contribution in [3.63, 3.8) is 0 Å². The topological polar surface area (TPSA) is 34.4 Å². The van der Waals surface area contributed by atoms with Crippen LogP contribution in [0.4, 0.5) is 4.79 Å². The van der Waals surface area contributed by atoms with E-state index in [-0.39, 0.29) is 6.03 Å². The quantitative estimate of drug-likeness (QED) is 0.589. The van der Waals surface area contributed by atoms with E-state index in [0.717, 1.165) is 32.5 Å². The van der Waals surface area contributed by atoms with E-state index in [1.807, 2.05) is 4.90 Å². The first kappa shape index (κ1) is 9.36. The van der Waals surface area contributed by atoms with Gasteiger partial charge in [0.2, 0.25) is 0 Å². The lowest BCUT2D eigenvalue weighted by molar-refractivity contribution is 0.184. The van der Waals surface area contributed by atoms with Gasteiger partial charge in [-0.15, -0.1) is 0 Å². The first-order chi connectivity index (χ1) is 5.84. The summed E-state index contributed by atoms with van der Waals surface area (Å²) in [7, 11) is 0. The highest BCUT2D eigenvalue weighted by atomic mass is 16.2. The van der Waals surface area contributed by atoms with Crippen LogP contribution in [0.5, 0.6) is 0 Å². The molecule has 12 heavy (non-hydrogen) atoms. The molecular formula is C9H17N2O. The van der Waals surface area contributed by atoms with E-state index >= 15 is 0 Å². The highest BCUT2D eigenvalue weighted by molar-refractivity contribution is 5.74. The van der Waals surface area contributed by atoms with Gasteiger partial charge >= 0.3 is 6.03 Å². The summed E-state index contributed by atoms with van der Waals surface area (Å²) in [6, 6.07) is -0.00245. The summed E-state index contributed by atoms with van der Waals surface area (Å²) in [5, 5.41) is 3.88. The summed E-state index contributed by atoms with van der Waals surface area (Å²) < 4.78 is 0. The molecular weight excluding hydrogens is 152 g/mol. The maximum absolute atomic E-state index is 11.1. The van der Waals surface area contributed by atoms with Gasteiger partial charge in [-0.2, -0.15) is 0 Å². The lowest BCUT2D eigenvalue weighted by Gasteiger charge is -2.25. The Morgan fingerprint density at radius 1 is 1.50 bits per heavy atom. The molecule has 1 heterocycles. The van der Waals surface area contributed by atoms with E-state index in [0.29, 0.717) is 0 Å². The fourth-order valence-electron chi connectivity index (χ4n) is 1.39. The van der Waals surface area contributed by atoms with Gasteiger partial charge in [0.05, 0.1) is 0 Å². The number of carbonyl (C=O) groups is 1. The molecule has 0 bridgehead atoms. The molecule has 0 aromatic rings. The molecule has 3 nitrogen and oxygen atoms in total. The van der Waals surface area contributed by atoms with Crippen LogP contribution in [-0.2, 0) is 0 Å². The third-order valence-corrected chi connectivity index (χ3v) is 2.14. The Bertz CT molecular complexity index is 147. The molecule has 0 saturated carbocycles. The Kier molecular flexibility index (Phi) is 3.91. The van der Waals surface area contributed by atoms with Crippen LogP contribution in [-0.4, -0.2) is 30.6 Å². The molecule has 3 heteroatoms. The van der Waals surface area contributed by atoms with Gasteiger partial charge in [-0.05, 0) is 12.8 Å². The maximum Gasteiger partial charge on any atom is 0.338 e. The second-order valence-electron chi connectivity index (χ2n) is 3.21. The van der Waals surface area contributed by atoms with Crippen molar-refractivity contribution in [3.8, 4) is 0 Å². The smallest absolute Gasteiger partial charge is 0.323 e. The largest absolute Gasteiger partial charge is 0.338 e. The van der Waals surface area contributed by atoms with Crippen molar-refractivity contribution in [1.82, 2.24) is 10.2 Å². The van der Waals surface area contributed by atoms with Crippen LogP contribution >= 0.6 is 0 Å². The van der Waals surface area contributed by atoms with E-state index < -0.39 is 0 Å². The monoisotopic (exact) mass is 169 g/mol. The summed E-state index contributed by atoms with van der Waals surface area (Å²) >= 11 is 0. The molecule has 1 aliphatic rings. The van der Waals surface area contributed by atoms with Gasteiger partial charge in [0.1, 0.15) is 0 Å². The molecule has 69 valence electrons. The first-order valence-corrected chi connectivity index (χ1v) is 4.81. The van der Waals surface area contributed by atoms with E-state index in [2.05, 4.69) is 12.2 Å². The summed E-state index contributed by atoms with van der Waals surface area (Å²) in [6.07, 6.45) is 4.58. The molecule has 0 unspecified atom stereocenters. The lowest BCUT2D eigenvalue weighted by atomic mass is 10.2. The van der Waals surface area contributed by atoms with Gasteiger partial charge in [0.25, 0.3) is 0 Å². The second kappa shape index (κ2) is 5.01. The van der Waals surface area contributed by atoms with Crippen LogP contribution in [0.3, 0.4) is 0 Å². The van der Waals surface area contributed by atoms with E-state index in [1.165, 1.54) is 12.8 Å². The van der Waals surface area contributed by atoms with Crippen LogP contribution in [0.1, 0.15) is 32.6 Å². The predicted molar refractivity (Wildman–Crippen MR) is 48.1 cm³/mol. The summed E-state index contributed by atoms with van der Waals surface area (Å²) in [5.41, 5.74) is 0. The highest BCUT2D eigenvalue weighted by Crippen LogP contribution is 2.03. The molecule has 1 aliphatic heterocycles. The van der Waals surface area contributed by atoms with Gasteiger partial charge in [-0.1, -0.05) is 19.8 Å². The predicted octanol–water partition coefficient (Wildman–Crippen LogP) is 1.61. The van der Waals surface area contributed by atoms with Crippen LogP contribution in [0.25, 0.3) is 0 Å². The van der Waals surface area contributed by atoms with Crippen molar-refractivity contribution in [2.75, 3.05) is 19.6 Å². The number of rotatable bonds is 4. The number of carbonyl (C=O) groups excluding carboxylic acids is 1. The molecule has 1 fully saturated rings. The molecule has 0 aliphatic carbocycles. The molecule has 0 N–H and O–H groups in total. The Morgan fingerprint density at radius 2 is 2.33 bits per heavy atom. The van der Waals surface area contributed by atoms with Gasteiger partial charge in [-0.25, -0.2) is 10.1 Å². The molecule has 0 atom stereocenters. The van der Waals surface area contributed by atoms with E-state index in [1.54, 1.807) is 0 Å². The zero-order valence-corrected chi connectivity index (χ0v) is 7.75. The van der Waals surface area contributed by atoms with Crippen molar-refractivity contribution < 1.29 is 4.79 Å². The highest BCUT2D eigenvalue weighted by Gasteiger charge is 2.17. The van der Waals surface area contributed by atoms with Crippen molar-refractivity contribution in [3.05, 3.63) is 0 Å². The number of urea groups is 1. The molecule has 0 aromatic carbocycles. The average molecular weight is 169 g/mol. The van der Waals surface area contributed by atoms with Crippen LogP contribution < -0.4 is 5.32 Å². The van der Waals surface area contributed by atoms with Gasteiger partial charge in [0.15, 0.2) is 0 Å². The first-order valence-electron chi connectivity index (χ1n) is 4.81. The molecule has 2 amide bonds. The van der Waals surface area contributed by atoms with Gasteiger partial charge in [-0.3, -0.25) is 0 Å². The fourth-order valence-corrected chi connectivity index (χ4v) is 1.39. The van der Waals surface area contributed by atoms with Crippen molar-refractivity contribution in [1.29, 1.82) is 0 Å². The van der Waals surface area contributed by atoms with Crippen molar-refractivity contribution >= 4 is 6.03 Å². The Labute approximate surface area is 74.1 Å². The van der Waals surface area contributed by atoms with Crippen LogP contribution in [0.2, 0.25) is 0 Å². The normalized spacial score (nSPS) is 17.8. The maximum atomic E-state index is 11.1. The van der Waals surface area contributed by atoms with Crippen molar-refractivity contribution in [2.45, 2.75) is 32.6 Å². The third-order valence-electron chi connectivity index (χ3n) is 2.14. The lowest BCUT2D eigenvalue weighted by Crippen LogP contribution is -2.42. The number of hydrogen-bond acceptors (Lipinski definition) is 1. The summed E-state index contributed by atoms with van der Waals surface area (Å²) in [6.45, 7) is 4.70. The number of nitrogens with zero attached hydrogens (tertiary/aromatic N) is 2. The Morgan fingerprint density at radius 3 is 3.00 bits per heavy atom. The number of unbranched alkanes of at least 4 members (excludes halogenated alkanes) is 2. The zero-order chi connectivity index (χ0) is 8.81. The molecule has 1 rings (SSSR count). The number of amides is 2. The molecule has 1 saturated heterocycles. The van der Waals surface area contributed by atoms with Crippen LogP contribution in [0.15, 0.2) is 0 Å². The molecule has 1 radical (unpaired) electrons. The Hall–Kier alpha value is -0.730. The zero-order valence-electron chi connectivity index (χ0n) is 7.75. The second-order valence-corrected chi connectivity index (χ2v) is 3.21. The summed E-state index contributed by atoms with van der Waals surface area (Å²) in [5.74, 6) is 0. The summed E-state index contributed by atoms with van der Waals surface area (Å²) in [4.78, 5) is 13.0. The minimum Gasteiger partial charge on any atom is -0.323 e. The molecule has 0 spiro atoms. The SMILES string of the molecule is CCCCCN1CCC[N]C1=O. The minimum atomic E-state index is -0.00245.